The number of hydrogen-bond donors (Lipinski definition) is 0. The van der Waals surface area contributed by atoms with E-state index in [0.29, 0.717) is 0 Å². The van der Waals surface area contributed by atoms with E-state index in [-0.39, 0.29) is 20.3 Å². The number of unbranched alkanes of at least 4 members (excludes halogenated alkanes) is 1. The van der Waals surface area contributed by atoms with Crippen molar-refractivity contribution in [2.75, 3.05) is 0 Å². The van der Waals surface area contributed by atoms with Crippen molar-refractivity contribution >= 4 is 31.3 Å². The molecule has 0 bridgehead atoms. The van der Waals surface area contributed by atoms with E-state index in [1.807, 2.05) is 0 Å². The summed E-state index contributed by atoms with van der Waals surface area (Å²) in [5.74, 6) is 0. The maximum absolute atomic E-state index is 9.82. The van der Waals surface area contributed by atoms with Gasteiger partial charge in [0.1, 0.15) is 0 Å². The lowest BCUT2D eigenvalue weighted by molar-refractivity contribution is 0.625. The lowest BCUT2D eigenvalue weighted by Crippen LogP contribution is -1.79. The highest BCUT2D eigenvalue weighted by Crippen LogP contribution is 1.76. The first-order chi connectivity index (χ1) is 4.63. The van der Waals surface area contributed by atoms with Gasteiger partial charge in [-0.2, -0.15) is 16.8 Å². The molecule has 0 aliphatic heterocycles. The molecule has 66 valence electrons. The minimum Gasteiger partial charge on any atom is -0.185 e. The molecule has 0 aromatic heterocycles. The molecule has 0 amide bonds. The average Bonchev–Trinajstić information content (AvgIpc) is 1.79. The van der Waals surface area contributed by atoms with Crippen LogP contribution in [0.5, 0.6) is 0 Å². The zero-order valence-corrected chi connectivity index (χ0v) is 6.65. The van der Waals surface area contributed by atoms with Crippen LogP contribution in [-0.2, 0) is 20.6 Å². The number of hydrogen-bond acceptors (Lipinski definition) is 4. The molecule has 0 unspecified atom stereocenters. The third kappa shape index (κ3) is 12.6. The van der Waals surface area contributed by atoms with Gasteiger partial charge in [0.15, 0.2) is 0 Å². The third-order valence-electron chi connectivity index (χ3n) is 0.675. The zero-order chi connectivity index (χ0) is 7.98. The van der Waals surface area contributed by atoms with E-state index >= 15 is 0 Å². The standard InChI is InChI=1S/C4H6O4S2.CH4/c5-9(6)3-1-2-4-10(7)8;/h3-4H,1-2H2;1H4. The van der Waals surface area contributed by atoms with Crippen molar-refractivity contribution in [2.24, 2.45) is 0 Å². The summed E-state index contributed by atoms with van der Waals surface area (Å²) in [6, 6.07) is 0. The lowest BCUT2D eigenvalue weighted by Gasteiger charge is -1.74. The van der Waals surface area contributed by atoms with Gasteiger partial charge in [0.05, 0.1) is 0 Å². The quantitative estimate of drug-likeness (QED) is 0.464. The predicted octanol–water partition coefficient (Wildman–Crippen LogP) is -0.235. The minimum atomic E-state index is -2.18. The SMILES string of the molecule is C.O=S(=O)=CCCC=S(=O)=O. The second-order valence-electron chi connectivity index (χ2n) is 1.43. The normalized spacial score (nSPS) is 7.64. The lowest BCUT2D eigenvalue weighted by atomic mass is 10.4. The Hall–Kier alpha value is -0.620. The summed E-state index contributed by atoms with van der Waals surface area (Å²) in [4.78, 5) is 0. The Morgan fingerprint density at radius 2 is 1.09 bits per heavy atom. The Bertz CT molecular complexity index is 281. The number of rotatable bonds is 3. The van der Waals surface area contributed by atoms with E-state index in [9.17, 15) is 16.8 Å². The van der Waals surface area contributed by atoms with E-state index < -0.39 is 20.6 Å². The first-order valence-corrected chi connectivity index (χ1v) is 4.73. The van der Waals surface area contributed by atoms with Crippen LogP contribution in [0.1, 0.15) is 20.3 Å². The van der Waals surface area contributed by atoms with Gasteiger partial charge in [-0.15, -0.1) is 0 Å². The molecule has 0 heterocycles. The van der Waals surface area contributed by atoms with E-state index in [4.69, 9.17) is 0 Å². The van der Waals surface area contributed by atoms with Gasteiger partial charge in [-0.05, 0) is 12.8 Å². The summed E-state index contributed by atoms with van der Waals surface area (Å²) in [6.45, 7) is 0. The Morgan fingerprint density at radius 3 is 1.27 bits per heavy atom. The fourth-order valence-electron chi connectivity index (χ4n) is 0.329. The molecule has 0 aliphatic carbocycles. The highest BCUT2D eigenvalue weighted by molar-refractivity contribution is 7.71. The first kappa shape index (κ1) is 13.0. The molecule has 11 heavy (non-hydrogen) atoms. The molecule has 0 fully saturated rings. The Labute approximate surface area is 68.9 Å². The molecule has 0 aromatic carbocycles. The largest absolute Gasteiger partial charge is 0.209 e. The van der Waals surface area contributed by atoms with Crippen LogP contribution in [0.3, 0.4) is 0 Å². The summed E-state index contributed by atoms with van der Waals surface area (Å²) in [5, 5.41) is 2.03. The summed E-state index contributed by atoms with van der Waals surface area (Å²) in [7, 11) is -4.35. The van der Waals surface area contributed by atoms with E-state index in [1.54, 1.807) is 0 Å². The van der Waals surface area contributed by atoms with Crippen molar-refractivity contribution in [3.63, 3.8) is 0 Å². The van der Waals surface area contributed by atoms with Gasteiger partial charge in [-0.25, -0.2) is 0 Å². The van der Waals surface area contributed by atoms with Gasteiger partial charge in [-0.3, -0.25) is 0 Å². The van der Waals surface area contributed by atoms with Gasteiger partial charge in [0, 0.05) is 10.7 Å². The van der Waals surface area contributed by atoms with Gasteiger partial charge in [-0.1, -0.05) is 7.43 Å². The maximum Gasteiger partial charge on any atom is 0.209 e. The first-order valence-electron chi connectivity index (χ1n) is 2.45. The van der Waals surface area contributed by atoms with Crippen molar-refractivity contribution < 1.29 is 16.8 Å². The second kappa shape index (κ2) is 7.49. The highest BCUT2D eigenvalue weighted by Gasteiger charge is 1.78. The Morgan fingerprint density at radius 1 is 0.818 bits per heavy atom. The van der Waals surface area contributed by atoms with E-state index in [1.165, 1.54) is 0 Å². The van der Waals surface area contributed by atoms with Crippen LogP contribution in [0.25, 0.3) is 0 Å². The molecule has 0 rings (SSSR count). The molecule has 0 N–H and O–H groups in total. The molecular formula is C5H10O4S2. The third-order valence-corrected chi connectivity index (χ3v) is 1.69. The fraction of sp³-hybridized carbons (Fsp3) is 0.600. The zero-order valence-electron chi connectivity index (χ0n) is 5.02. The van der Waals surface area contributed by atoms with Crippen LogP contribution in [0.2, 0.25) is 0 Å². The molecule has 6 heteroatoms. The Kier molecular flexibility index (Phi) is 8.85. The maximum atomic E-state index is 9.82. The topological polar surface area (TPSA) is 68.3 Å². The van der Waals surface area contributed by atoms with Crippen molar-refractivity contribution in [1.29, 1.82) is 0 Å². The van der Waals surface area contributed by atoms with E-state index in [2.05, 4.69) is 0 Å². The molecule has 4 nitrogen and oxygen atoms in total. The summed E-state index contributed by atoms with van der Waals surface area (Å²) in [5.41, 5.74) is 0. The second-order valence-corrected chi connectivity index (χ2v) is 3.14. The van der Waals surface area contributed by atoms with Gasteiger partial charge >= 0.3 is 0 Å². The Balaban J connectivity index is 0. The molecule has 0 atom stereocenters. The van der Waals surface area contributed by atoms with Gasteiger partial charge in [0.25, 0.3) is 0 Å². The fourth-order valence-corrected chi connectivity index (χ4v) is 0.986. The molecular weight excluding hydrogens is 188 g/mol. The summed E-state index contributed by atoms with van der Waals surface area (Å²) in [6.07, 6.45) is 0.480. The molecule has 0 aromatic rings. The monoisotopic (exact) mass is 198 g/mol. The molecule has 0 spiro atoms. The molecule has 0 radical (unpaired) electrons. The van der Waals surface area contributed by atoms with Gasteiger partial charge in [0.2, 0.25) is 20.6 Å². The van der Waals surface area contributed by atoms with Crippen LogP contribution >= 0.6 is 0 Å². The highest BCUT2D eigenvalue weighted by atomic mass is 32.2. The smallest absolute Gasteiger partial charge is 0.185 e. The van der Waals surface area contributed by atoms with Crippen molar-refractivity contribution in [1.82, 2.24) is 0 Å². The van der Waals surface area contributed by atoms with Crippen LogP contribution < -0.4 is 0 Å². The van der Waals surface area contributed by atoms with Crippen molar-refractivity contribution in [3.05, 3.63) is 0 Å². The summed E-state index contributed by atoms with van der Waals surface area (Å²) >= 11 is 0. The van der Waals surface area contributed by atoms with Crippen molar-refractivity contribution in [2.45, 2.75) is 20.3 Å². The van der Waals surface area contributed by atoms with Gasteiger partial charge < -0.3 is 0 Å². The predicted molar refractivity (Wildman–Crippen MR) is 45.9 cm³/mol. The molecule has 0 saturated carbocycles. The van der Waals surface area contributed by atoms with Crippen LogP contribution in [0.15, 0.2) is 0 Å². The molecule has 0 saturated heterocycles. The molecule has 0 aliphatic rings. The van der Waals surface area contributed by atoms with Crippen molar-refractivity contribution in [3.8, 4) is 0 Å². The summed E-state index contributed by atoms with van der Waals surface area (Å²) < 4.78 is 39.3. The minimum absolute atomic E-state index is 0. The van der Waals surface area contributed by atoms with Crippen LogP contribution in [-0.4, -0.2) is 27.6 Å². The average molecular weight is 198 g/mol. The van der Waals surface area contributed by atoms with Crippen LogP contribution in [0.4, 0.5) is 0 Å². The van der Waals surface area contributed by atoms with E-state index in [0.717, 1.165) is 10.7 Å². The van der Waals surface area contributed by atoms with Crippen LogP contribution in [0, 0.1) is 0 Å².